The van der Waals surface area contributed by atoms with Gasteiger partial charge in [-0.2, -0.15) is 0 Å². The van der Waals surface area contributed by atoms with Gasteiger partial charge in [0.1, 0.15) is 11.9 Å². The van der Waals surface area contributed by atoms with Gasteiger partial charge < -0.3 is 10.5 Å². The Bertz CT molecular complexity index is 499. The Morgan fingerprint density at radius 2 is 1.72 bits per heavy atom. The van der Waals surface area contributed by atoms with Gasteiger partial charge in [0.2, 0.25) is 0 Å². The Labute approximate surface area is 115 Å². The van der Waals surface area contributed by atoms with Crippen LogP contribution in [0.25, 0.3) is 0 Å². The first-order chi connectivity index (χ1) is 8.69. The molecule has 0 saturated carbocycles. The molecule has 0 aliphatic heterocycles. The van der Waals surface area contributed by atoms with Crippen LogP contribution in [0.1, 0.15) is 11.7 Å². The molecule has 2 N–H and O–H groups in total. The third-order valence-corrected chi connectivity index (χ3v) is 2.84. The molecule has 2 rings (SSSR count). The molecule has 0 aliphatic carbocycles. The number of rotatable bonds is 4. The summed E-state index contributed by atoms with van der Waals surface area (Å²) in [4.78, 5) is 3.96. The molecule has 0 aliphatic rings. The van der Waals surface area contributed by atoms with E-state index < -0.39 is 0 Å². The molecular weight excluding hydrogens is 271 g/mol. The lowest BCUT2D eigenvalue weighted by molar-refractivity contribution is 0.214. The van der Waals surface area contributed by atoms with Crippen LogP contribution in [0.2, 0.25) is 10.0 Å². The van der Waals surface area contributed by atoms with Crippen molar-refractivity contribution in [1.29, 1.82) is 0 Å². The largest absolute Gasteiger partial charge is 0.484 e. The van der Waals surface area contributed by atoms with E-state index in [0.717, 1.165) is 5.56 Å². The molecular formula is C13H12Cl2N2O. The van der Waals surface area contributed by atoms with E-state index in [1.807, 2.05) is 12.1 Å². The highest BCUT2D eigenvalue weighted by molar-refractivity contribution is 6.34. The minimum absolute atomic E-state index is 0.248. The van der Waals surface area contributed by atoms with Crippen molar-refractivity contribution in [2.75, 3.05) is 6.54 Å². The Kier molecular flexibility index (Phi) is 4.42. The maximum Gasteiger partial charge on any atom is 0.136 e. The smallest absolute Gasteiger partial charge is 0.136 e. The first-order valence-corrected chi connectivity index (χ1v) is 6.17. The number of pyridine rings is 1. The topological polar surface area (TPSA) is 48.1 Å². The zero-order valence-electron chi connectivity index (χ0n) is 9.51. The highest BCUT2D eigenvalue weighted by Gasteiger charge is 2.11. The molecule has 5 heteroatoms. The molecule has 94 valence electrons. The van der Waals surface area contributed by atoms with Gasteiger partial charge in [0, 0.05) is 29.0 Å². The van der Waals surface area contributed by atoms with Crippen LogP contribution in [0.4, 0.5) is 0 Å². The van der Waals surface area contributed by atoms with Crippen molar-refractivity contribution in [1.82, 2.24) is 4.98 Å². The van der Waals surface area contributed by atoms with Crippen molar-refractivity contribution in [3.8, 4) is 5.75 Å². The molecule has 2 aromatic rings. The second-order valence-electron chi connectivity index (χ2n) is 3.73. The van der Waals surface area contributed by atoms with Gasteiger partial charge in [-0.05, 0) is 35.9 Å². The number of halogens is 2. The molecule has 18 heavy (non-hydrogen) atoms. The van der Waals surface area contributed by atoms with Gasteiger partial charge in [-0.3, -0.25) is 4.98 Å². The average molecular weight is 283 g/mol. The SMILES string of the molecule is NCC(Oc1cc(Cl)cc(Cl)c1)c1ccncc1. The summed E-state index contributed by atoms with van der Waals surface area (Å²) in [6.07, 6.45) is 3.15. The van der Waals surface area contributed by atoms with Gasteiger partial charge in [0.15, 0.2) is 0 Å². The summed E-state index contributed by atoms with van der Waals surface area (Å²) in [6.45, 7) is 0.355. The molecule has 0 fully saturated rings. The summed E-state index contributed by atoms with van der Waals surface area (Å²) in [7, 11) is 0. The number of hydrogen-bond acceptors (Lipinski definition) is 3. The van der Waals surface area contributed by atoms with Gasteiger partial charge in [0.25, 0.3) is 0 Å². The summed E-state index contributed by atoms with van der Waals surface area (Å²) < 4.78 is 5.79. The third kappa shape index (κ3) is 3.35. The molecule has 1 unspecified atom stereocenters. The quantitative estimate of drug-likeness (QED) is 0.934. The molecule has 0 spiro atoms. The Morgan fingerprint density at radius 1 is 1.11 bits per heavy atom. The van der Waals surface area contributed by atoms with Crippen molar-refractivity contribution in [2.45, 2.75) is 6.10 Å². The van der Waals surface area contributed by atoms with Crippen LogP contribution < -0.4 is 10.5 Å². The third-order valence-electron chi connectivity index (χ3n) is 2.41. The van der Waals surface area contributed by atoms with E-state index in [1.165, 1.54) is 0 Å². The molecule has 1 heterocycles. The summed E-state index contributed by atoms with van der Waals surface area (Å²) >= 11 is 11.8. The van der Waals surface area contributed by atoms with Gasteiger partial charge in [-0.15, -0.1) is 0 Å². The zero-order valence-corrected chi connectivity index (χ0v) is 11.0. The van der Waals surface area contributed by atoms with Gasteiger partial charge in [-0.1, -0.05) is 23.2 Å². The van der Waals surface area contributed by atoms with E-state index in [4.69, 9.17) is 33.7 Å². The van der Waals surface area contributed by atoms with E-state index >= 15 is 0 Å². The van der Waals surface area contributed by atoms with E-state index in [1.54, 1.807) is 30.6 Å². The monoisotopic (exact) mass is 282 g/mol. The lowest BCUT2D eigenvalue weighted by Crippen LogP contribution is -2.18. The van der Waals surface area contributed by atoms with E-state index in [2.05, 4.69) is 4.98 Å². The Hall–Kier alpha value is -1.29. The average Bonchev–Trinajstić information content (AvgIpc) is 2.36. The molecule has 0 saturated heterocycles. The minimum Gasteiger partial charge on any atom is -0.484 e. The van der Waals surface area contributed by atoms with E-state index in [-0.39, 0.29) is 6.10 Å². The van der Waals surface area contributed by atoms with Gasteiger partial charge >= 0.3 is 0 Å². The summed E-state index contributed by atoms with van der Waals surface area (Å²) in [5.74, 6) is 0.597. The highest BCUT2D eigenvalue weighted by Crippen LogP contribution is 2.27. The van der Waals surface area contributed by atoms with Crippen molar-refractivity contribution in [3.05, 3.63) is 58.3 Å². The molecule has 1 aromatic carbocycles. The van der Waals surface area contributed by atoms with Crippen molar-refractivity contribution >= 4 is 23.2 Å². The first kappa shape index (κ1) is 13.1. The number of aromatic nitrogens is 1. The Morgan fingerprint density at radius 3 is 2.28 bits per heavy atom. The summed E-state index contributed by atoms with van der Waals surface area (Å²) in [5.41, 5.74) is 6.68. The lowest BCUT2D eigenvalue weighted by atomic mass is 10.1. The van der Waals surface area contributed by atoms with Crippen molar-refractivity contribution in [2.24, 2.45) is 5.73 Å². The summed E-state index contributed by atoms with van der Waals surface area (Å²) in [5, 5.41) is 1.06. The van der Waals surface area contributed by atoms with Gasteiger partial charge in [-0.25, -0.2) is 0 Å². The Balaban J connectivity index is 2.20. The van der Waals surface area contributed by atoms with E-state index in [0.29, 0.717) is 22.3 Å². The van der Waals surface area contributed by atoms with Gasteiger partial charge in [0.05, 0.1) is 0 Å². The van der Waals surface area contributed by atoms with Crippen LogP contribution in [0, 0.1) is 0 Å². The van der Waals surface area contributed by atoms with Crippen LogP contribution in [0.3, 0.4) is 0 Å². The zero-order chi connectivity index (χ0) is 13.0. The molecule has 0 amide bonds. The first-order valence-electron chi connectivity index (χ1n) is 5.42. The number of nitrogens with two attached hydrogens (primary N) is 1. The second kappa shape index (κ2) is 6.05. The fraction of sp³-hybridized carbons (Fsp3) is 0.154. The standard InChI is InChI=1S/C13H12Cl2N2O/c14-10-5-11(15)7-12(6-10)18-13(8-16)9-1-3-17-4-2-9/h1-7,13H,8,16H2. The van der Waals surface area contributed by atoms with Crippen molar-refractivity contribution < 1.29 is 4.74 Å². The van der Waals surface area contributed by atoms with Crippen LogP contribution in [-0.4, -0.2) is 11.5 Å². The van der Waals surface area contributed by atoms with Crippen LogP contribution in [0.15, 0.2) is 42.7 Å². The predicted octanol–water partition coefficient (Wildman–Crippen LogP) is 3.47. The summed E-state index contributed by atoms with van der Waals surface area (Å²) in [6, 6.07) is 8.79. The lowest BCUT2D eigenvalue weighted by Gasteiger charge is -2.18. The van der Waals surface area contributed by atoms with Crippen LogP contribution >= 0.6 is 23.2 Å². The van der Waals surface area contributed by atoms with E-state index in [9.17, 15) is 0 Å². The fourth-order valence-corrected chi connectivity index (χ4v) is 2.10. The number of hydrogen-bond donors (Lipinski definition) is 1. The second-order valence-corrected chi connectivity index (χ2v) is 4.60. The fourth-order valence-electron chi connectivity index (χ4n) is 1.59. The predicted molar refractivity (Wildman–Crippen MR) is 73.1 cm³/mol. The molecule has 1 atom stereocenters. The maximum absolute atomic E-state index is 5.92. The number of benzene rings is 1. The normalized spacial score (nSPS) is 12.2. The van der Waals surface area contributed by atoms with Crippen molar-refractivity contribution in [3.63, 3.8) is 0 Å². The number of nitrogens with zero attached hydrogens (tertiary/aromatic N) is 1. The molecule has 0 bridgehead atoms. The molecule has 0 radical (unpaired) electrons. The highest BCUT2D eigenvalue weighted by atomic mass is 35.5. The minimum atomic E-state index is -0.248. The maximum atomic E-state index is 5.92. The molecule has 1 aromatic heterocycles. The number of ether oxygens (including phenoxy) is 1. The molecule has 3 nitrogen and oxygen atoms in total. The van der Waals surface area contributed by atoms with Crippen LogP contribution in [-0.2, 0) is 0 Å². The van der Waals surface area contributed by atoms with Crippen LogP contribution in [0.5, 0.6) is 5.75 Å².